The fourth-order valence-electron chi connectivity index (χ4n) is 4.24. The molecule has 190 valence electrons. The number of nitro benzene ring substituents is 1. The van der Waals surface area contributed by atoms with Crippen LogP contribution in [0.15, 0.2) is 82.9 Å². The molecule has 0 spiro atoms. The predicted octanol–water partition coefficient (Wildman–Crippen LogP) is 6.57. The Morgan fingerprint density at radius 2 is 1.58 bits per heavy atom. The minimum atomic E-state index is -0.416. The molecule has 0 bridgehead atoms. The van der Waals surface area contributed by atoms with Gasteiger partial charge in [-0.25, -0.2) is 4.99 Å². The van der Waals surface area contributed by atoms with Crippen molar-refractivity contribution in [2.75, 3.05) is 19.2 Å². The van der Waals surface area contributed by atoms with E-state index in [1.54, 1.807) is 26.4 Å². The van der Waals surface area contributed by atoms with E-state index in [0.29, 0.717) is 14.2 Å². The average molecular weight is 562 g/mol. The van der Waals surface area contributed by atoms with Crippen LogP contribution in [0.3, 0.4) is 0 Å². The maximum atomic E-state index is 11.1. The first kappa shape index (κ1) is 24.3. The topological polar surface area (TPSA) is 94.5 Å². The second-order valence-electron chi connectivity index (χ2n) is 8.30. The van der Waals surface area contributed by atoms with Crippen molar-refractivity contribution in [2.45, 2.75) is 6.04 Å². The minimum absolute atomic E-state index is 0.0280. The van der Waals surface area contributed by atoms with Gasteiger partial charge >= 0.3 is 0 Å². The van der Waals surface area contributed by atoms with E-state index in [1.807, 2.05) is 58.1 Å². The summed E-state index contributed by atoms with van der Waals surface area (Å²) in [7, 11) is 3.27. The summed E-state index contributed by atoms with van der Waals surface area (Å²) < 4.78 is 13.4. The monoisotopic (exact) mass is 561 g/mol. The molecule has 3 aromatic carbocycles. The average Bonchev–Trinajstić information content (AvgIpc) is 3.53. The van der Waals surface area contributed by atoms with Crippen LogP contribution < -0.4 is 14.5 Å². The summed E-state index contributed by atoms with van der Waals surface area (Å²) in [6.45, 7) is 0. The molecule has 2 aliphatic heterocycles. The van der Waals surface area contributed by atoms with E-state index in [1.165, 1.54) is 35.2 Å². The predicted molar refractivity (Wildman–Crippen MR) is 153 cm³/mol. The largest absolute Gasteiger partial charge is 0.497 e. The highest BCUT2D eigenvalue weighted by molar-refractivity contribution is 8.27. The highest BCUT2D eigenvalue weighted by Gasteiger charge is 2.38. The van der Waals surface area contributed by atoms with Crippen molar-refractivity contribution < 1.29 is 14.4 Å². The third-order valence-electron chi connectivity index (χ3n) is 6.15. The number of ether oxygens (including phenoxy) is 2. The number of hydrogen-bond acceptors (Lipinski definition) is 10. The van der Waals surface area contributed by atoms with Gasteiger partial charge in [-0.15, -0.1) is 11.3 Å². The van der Waals surface area contributed by atoms with Crippen LogP contribution in [0.25, 0.3) is 5.69 Å². The van der Waals surface area contributed by atoms with Crippen LogP contribution in [0.5, 0.6) is 11.5 Å². The summed E-state index contributed by atoms with van der Waals surface area (Å²) in [5.41, 5.74) is 2.68. The minimum Gasteiger partial charge on any atom is -0.497 e. The number of nitro groups is 1. The summed E-state index contributed by atoms with van der Waals surface area (Å²) in [4.78, 5) is 16.7. The van der Waals surface area contributed by atoms with Crippen molar-refractivity contribution in [3.8, 4) is 17.2 Å². The number of aliphatic imine (C=N–C) groups is 1. The van der Waals surface area contributed by atoms with Crippen LogP contribution in [0.4, 0.5) is 11.5 Å². The Morgan fingerprint density at radius 1 is 0.947 bits per heavy atom. The Morgan fingerprint density at radius 3 is 2.18 bits per heavy atom. The van der Waals surface area contributed by atoms with E-state index in [-0.39, 0.29) is 11.7 Å². The van der Waals surface area contributed by atoms with Gasteiger partial charge in [0.1, 0.15) is 22.6 Å². The molecule has 0 saturated carbocycles. The number of aromatic nitrogens is 1. The van der Waals surface area contributed by atoms with Gasteiger partial charge < -0.3 is 9.47 Å². The number of amidine groups is 1. The second-order valence-corrected chi connectivity index (χ2v) is 10.9. The maximum Gasteiger partial charge on any atom is 0.269 e. The molecule has 1 atom stereocenters. The van der Waals surface area contributed by atoms with Gasteiger partial charge in [-0.2, -0.15) is 10.1 Å². The van der Waals surface area contributed by atoms with Crippen molar-refractivity contribution in [1.82, 2.24) is 4.57 Å². The summed E-state index contributed by atoms with van der Waals surface area (Å²) in [5, 5.41) is 19.2. The first-order chi connectivity index (χ1) is 18.5. The Balaban J connectivity index is 1.50. The van der Waals surface area contributed by atoms with Crippen LogP contribution in [-0.2, 0) is 0 Å². The number of methoxy groups -OCH3 is 2. The lowest BCUT2D eigenvalue weighted by atomic mass is 10.0. The Labute approximate surface area is 230 Å². The zero-order chi connectivity index (χ0) is 26.4. The first-order valence-corrected chi connectivity index (χ1v) is 13.4. The highest BCUT2D eigenvalue weighted by Crippen LogP contribution is 2.47. The smallest absolute Gasteiger partial charge is 0.269 e. The molecule has 1 unspecified atom stereocenters. The fraction of sp³-hybridized carbons (Fsp3) is 0.115. The van der Waals surface area contributed by atoms with Crippen molar-refractivity contribution in [2.24, 2.45) is 10.1 Å². The van der Waals surface area contributed by atoms with Crippen molar-refractivity contribution in [1.29, 1.82) is 0 Å². The molecule has 3 heterocycles. The number of thioether (sulfide) groups is 1. The zero-order valence-electron chi connectivity index (χ0n) is 20.1. The van der Waals surface area contributed by atoms with Gasteiger partial charge in [-0.3, -0.25) is 14.7 Å². The summed E-state index contributed by atoms with van der Waals surface area (Å²) in [5.74, 6) is 2.33. The van der Waals surface area contributed by atoms with E-state index < -0.39 is 4.92 Å². The van der Waals surface area contributed by atoms with Gasteiger partial charge in [0.2, 0.25) is 0 Å². The number of hydrogen-bond donors (Lipinski definition) is 0. The molecule has 0 fully saturated rings. The van der Waals surface area contributed by atoms with Crippen LogP contribution in [-0.4, -0.2) is 33.9 Å². The SMILES string of the molecule is COc1ccc(C2N=C3SC(c4ccc([N+](=O)[O-])cc4)=NN3c3c2sc(=S)n3-c2ccc(OC)cc2)cc1. The fourth-order valence-corrected chi connectivity index (χ4v) is 6.67. The molecule has 0 amide bonds. The summed E-state index contributed by atoms with van der Waals surface area (Å²) in [6.07, 6.45) is 0. The Bertz CT molecular complexity index is 1660. The van der Waals surface area contributed by atoms with Crippen LogP contribution in [0, 0.1) is 14.1 Å². The van der Waals surface area contributed by atoms with Crippen molar-refractivity contribution in [3.05, 3.63) is 103 Å². The van der Waals surface area contributed by atoms with Crippen LogP contribution in [0.2, 0.25) is 0 Å². The molecule has 0 aliphatic carbocycles. The molecule has 2 aliphatic rings. The Hall–Kier alpha value is -4.00. The number of anilines is 1. The lowest BCUT2D eigenvalue weighted by Gasteiger charge is -2.26. The maximum absolute atomic E-state index is 11.1. The van der Waals surface area contributed by atoms with Gasteiger partial charge in [0.25, 0.3) is 5.69 Å². The molecular formula is C26H19N5O4S3. The lowest BCUT2D eigenvalue weighted by Crippen LogP contribution is -2.27. The molecule has 0 radical (unpaired) electrons. The first-order valence-electron chi connectivity index (χ1n) is 11.4. The highest BCUT2D eigenvalue weighted by atomic mass is 32.2. The molecule has 0 N–H and O–H groups in total. The van der Waals surface area contributed by atoms with Gasteiger partial charge in [0, 0.05) is 23.4 Å². The Kier molecular flexibility index (Phi) is 6.22. The third-order valence-corrected chi connectivity index (χ3v) is 8.53. The molecular weight excluding hydrogens is 543 g/mol. The number of rotatable bonds is 6. The molecule has 1 aromatic heterocycles. The summed E-state index contributed by atoms with van der Waals surface area (Å²) in [6, 6.07) is 21.6. The summed E-state index contributed by atoms with van der Waals surface area (Å²) >= 11 is 8.78. The number of benzene rings is 3. The van der Waals surface area contributed by atoms with E-state index in [9.17, 15) is 10.1 Å². The van der Waals surface area contributed by atoms with Crippen molar-refractivity contribution >= 4 is 57.0 Å². The molecule has 9 nitrogen and oxygen atoms in total. The molecule has 0 saturated heterocycles. The van der Waals surface area contributed by atoms with Crippen molar-refractivity contribution in [3.63, 3.8) is 0 Å². The van der Waals surface area contributed by atoms with Crippen LogP contribution in [0.1, 0.15) is 22.0 Å². The molecule has 38 heavy (non-hydrogen) atoms. The van der Waals surface area contributed by atoms with Gasteiger partial charge in [-0.05, 0) is 78.1 Å². The number of hydrazone groups is 1. The van der Waals surface area contributed by atoms with Crippen LogP contribution >= 0.6 is 35.3 Å². The molecule has 6 rings (SSSR count). The lowest BCUT2D eigenvalue weighted by molar-refractivity contribution is -0.384. The normalized spacial score (nSPS) is 15.8. The number of fused-ring (bicyclic) bond motifs is 3. The standard InChI is InChI=1S/C26H19N5O4S3/c1-34-19-11-5-15(6-12-19)21-22-24(29(26(36)37-22)17-9-13-20(35-2)14-10-17)30-25(27-21)38-23(28-30)16-3-7-18(8-4-16)31(32)33/h3-14,21H,1-2H3. The van der Waals surface area contributed by atoms with Gasteiger partial charge in [0.15, 0.2) is 14.9 Å². The van der Waals surface area contributed by atoms with E-state index in [0.717, 1.165) is 39.0 Å². The molecule has 4 aromatic rings. The van der Waals surface area contributed by atoms with E-state index in [4.69, 9.17) is 31.8 Å². The third kappa shape index (κ3) is 4.16. The molecule has 12 heteroatoms. The second kappa shape index (κ2) is 9.71. The van der Waals surface area contributed by atoms with E-state index >= 15 is 0 Å². The zero-order valence-corrected chi connectivity index (χ0v) is 22.5. The number of thiazole rings is 1. The van der Waals surface area contributed by atoms with E-state index in [2.05, 4.69) is 0 Å². The van der Waals surface area contributed by atoms with Gasteiger partial charge in [-0.1, -0.05) is 12.1 Å². The number of non-ortho nitro benzene ring substituents is 1. The quantitative estimate of drug-likeness (QED) is 0.149. The number of nitrogens with zero attached hydrogens (tertiary/aromatic N) is 5. The van der Waals surface area contributed by atoms with Gasteiger partial charge in [0.05, 0.1) is 24.0 Å².